The molecule has 0 aromatic carbocycles. The van der Waals surface area contributed by atoms with Gasteiger partial charge in [0.15, 0.2) is 0 Å². The molecule has 2 aliphatic rings. The Balaban J connectivity index is 1.34. The van der Waals surface area contributed by atoms with Crippen LogP contribution in [0.5, 0.6) is 5.88 Å². The van der Waals surface area contributed by atoms with Crippen LogP contribution in [-0.2, 0) is 11.0 Å². The van der Waals surface area contributed by atoms with Gasteiger partial charge in [-0.3, -0.25) is 4.79 Å². The predicted molar refractivity (Wildman–Crippen MR) is 111 cm³/mol. The normalized spacial score (nSPS) is 25.0. The number of pyridine rings is 2. The molecule has 2 aromatic rings. The molecule has 1 aliphatic carbocycles. The Morgan fingerprint density at radius 3 is 2.75 bits per heavy atom. The van der Waals surface area contributed by atoms with Crippen molar-refractivity contribution >= 4 is 23.1 Å². The van der Waals surface area contributed by atoms with E-state index in [2.05, 4.69) is 20.6 Å². The number of ether oxygens (including phenoxy) is 1. The van der Waals surface area contributed by atoms with Crippen molar-refractivity contribution in [3.63, 3.8) is 0 Å². The lowest BCUT2D eigenvalue weighted by molar-refractivity contribution is -0.141. The van der Waals surface area contributed by atoms with Crippen molar-refractivity contribution in [2.24, 2.45) is 5.92 Å². The summed E-state index contributed by atoms with van der Waals surface area (Å²) in [5.74, 6) is 0.241. The summed E-state index contributed by atoms with van der Waals surface area (Å²) < 4.78 is 43.7. The van der Waals surface area contributed by atoms with E-state index in [0.29, 0.717) is 22.9 Å². The van der Waals surface area contributed by atoms with Gasteiger partial charge in [0.2, 0.25) is 11.6 Å². The minimum atomic E-state index is -4.50. The second-order valence-corrected chi connectivity index (χ2v) is 8.37. The number of nitrogens with zero attached hydrogens (tertiary/aromatic N) is 3. The molecule has 3 N–H and O–H groups in total. The number of nitrogens with one attached hydrogen (secondary N) is 2. The fraction of sp³-hybridized carbons (Fsp3) is 0.476. The van der Waals surface area contributed by atoms with Crippen LogP contribution in [0.2, 0.25) is 0 Å². The Labute approximate surface area is 182 Å². The van der Waals surface area contributed by atoms with Crippen molar-refractivity contribution in [3.8, 4) is 5.88 Å². The van der Waals surface area contributed by atoms with E-state index in [9.17, 15) is 23.1 Å². The number of carbonyl (C=O) groups is 1. The molecule has 0 unspecified atom stereocenters. The number of carbonyl (C=O) groups excluding carboxylic acids is 1. The smallest absolute Gasteiger partial charge is 0.433 e. The van der Waals surface area contributed by atoms with Gasteiger partial charge in [0.05, 0.1) is 23.7 Å². The maximum absolute atomic E-state index is 12.8. The maximum atomic E-state index is 12.8. The number of rotatable bonds is 5. The van der Waals surface area contributed by atoms with Crippen molar-refractivity contribution in [2.45, 2.75) is 44.6 Å². The zero-order valence-electron chi connectivity index (χ0n) is 17.8. The number of aliphatic hydroxyl groups is 1. The number of halogens is 3. The quantitative estimate of drug-likeness (QED) is 0.642. The number of aryl methyl sites for hydroxylation is 1. The van der Waals surface area contributed by atoms with E-state index in [1.165, 1.54) is 24.0 Å². The fourth-order valence-electron chi connectivity index (χ4n) is 3.82. The summed E-state index contributed by atoms with van der Waals surface area (Å²) in [6.45, 7) is 3.47. The molecule has 172 valence electrons. The minimum Gasteiger partial charge on any atom is -0.477 e. The topological polar surface area (TPSA) is 99.6 Å². The largest absolute Gasteiger partial charge is 0.477 e. The zero-order chi connectivity index (χ0) is 23.3. The van der Waals surface area contributed by atoms with E-state index in [0.717, 1.165) is 18.9 Å². The van der Waals surface area contributed by atoms with E-state index in [4.69, 9.17) is 4.74 Å². The van der Waals surface area contributed by atoms with Crippen LogP contribution >= 0.6 is 0 Å². The molecule has 8 nitrogen and oxygen atoms in total. The average molecular weight is 451 g/mol. The van der Waals surface area contributed by atoms with Crippen LogP contribution in [0.25, 0.3) is 0 Å². The second-order valence-electron chi connectivity index (χ2n) is 8.37. The summed E-state index contributed by atoms with van der Waals surface area (Å²) in [5.41, 5.74) is -0.816. The van der Waals surface area contributed by atoms with Crippen LogP contribution in [0.3, 0.4) is 0 Å². The molecule has 1 fully saturated rings. The molecule has 0 spiro atoms. The van der Waals surface area contributed by atoms with Crippen molar-refractivity contribution in [3.05, 3.63) is 35.7 Å². The summed E-state index contributed by atoms with van der Waals surface area (Å²) in [7, 11) is 1.64. The van der Waals surface area contributed by atoms with Gasteiger partial charge < -0.3 is 25.4 Å². The molecule has 0 bridgehead atoms. The standard InChI is InChI=1S/C21H24F3N5O3/c1-11-18-14(29(3)20(2,31)19(30)28-18)9-16(25-11)26-13-7-12(8-13)10-32-17-6-4-5-15(27-17)21(22,23)24/h4-6,9,12-13,31H,7-8,10H2,1-3H3,(H,25,26)(H,28,30)/t12-,13+,20-/m0/s1. The minimum absolute atomic E-state index is 0.0413. The van der Waals surface area contributed by atoms with Gasteiger partial charge in [0, 0.05) is 25.2 Å². The van der Waals surface area contributed by atoms with Crippen LogP contribution in [-0.4, -0.2) is 46.4 Å². The molecule has 0 saturated heterocycles. The number of alkyl halides is 3. The molecule has 3 heterocycles. The average Bonchev–Trinajstić information content (AvgIpc) is 2.69. The Morgan fingerprint density at radius 2 is 2.06 bits per heavy atom. The zero-order valence-corrected chi connectivity index (χ0v) is 17.8. The van der Waals surface area contributed by atoms with Crippen molar-refractivity contribution in [1.82, 2.24) is 9.97 Å². The monoisotopic (exact) mass is 451 g/mol. The highest BCUT2D eigenvalue weighted by Crippen LogP contribution is 2.39. The van der Waals surface area contributed by atoms with Crippen LogP contribution in [0.15, 0.2) is 24.3 Å². The predicted octanol–water partition coefficient (Wildman–Crippen LogP) is 3.17. The van der Waals surface area contributed by atoms with Gasteiger partial charge in [0.25, 0.3) is 5.91 Å². The molecule has 11 heteroatoms. The first-order valence-corrected chi connectivity index (χ1v) is 10.2. The molecule has 1 atom stereocenters. The van der Waals surface area contributed by atoms with E-state index >= 15 is 0 Å². The molecular formula is C21H24F3N5O3. The van der Waals surface area contributed by atoms with Crippen LogP contribution < -0.4 is 20.3 Å². The summed E-state index contributed by atoms with van der Waals surface area (Å²) in [5, 5.41) is 16.5. The number of hydrogen-bond donors (Lipinski definition) is 3. The lowest BCUT2D eigenvalue weighted by Crippen LogP contribution is -2.56. The fourth-order valence-corrected chi connectivity index (χ4v) is 3.82. The number of likely N-dealkylation sites (N-methyl/N-ethyl adjacent to an activating group) is 1. The summed E-state index contributed by atoms with van der Waals surface area (Å²) in [4.78, 5) is 21.6. The van der Waals surface area contributed by atoms with Gasteiger partial charge in [0.1, 0.15) is 11.5 Å². The molecule has 2 aromatic heterocycles. The third kappa shape index (κ3) is 4.16. The number of fused-ring (bicyclic) bond motifs is 1. The van der Waals surface area contributed by atoms with E-state index in [-0.39, 0.29) is 24.4 Å². The van der Waals surface area contributed by atoms with Gasteiger partial charge in [-0.1, -0.05) is 6.07 Å². The molecule has 4 rings (SSSR count). The summed E-state index contributed by atoms with van der Waals surface area (Å²) in [6.07, 6.45) is -2.97. The Hall–Kier alpha value is -3.08. The highest BCUT2D eigenvalue weighted by molar-refractivity contribution is 6.05. The highest BCUT2D eigenvalue weighted by Gasteiger charge is 2.41. The van der Waals surface area contributed by atoms with Crippen molar-refractivity contribution in [2.75, 3.05) is 29.2 Å². The third-order valence-corrected chi connectivity index (χ3v) is 5.93. The van der Waals surface area contributed by atoms with Crippen LogP contribution in [0.4, 0.5) is 30.4 Å². The first-order chi connectivity index (χ1) is 14.9. The van der Waals surface area contributed by atoms with Crippen LogP contribution in [0.1, 0.15) is 31.2 Å². The summed E-state index contributed by atoms with van der Waals surface area (Å²) >= 11 is 0. The Morgan fingerprint density at radius 1 is 1.34 bits per heavy atom. The lowest BCUT2D eigenvalue weighted by Gasteiger charge is -2.40. The molecule has 0 radical (unpaired) electrons. The van der Waals surface area contributed by atoms with Crippen molar-refractivity contribution < 1.29 is 27.8 Å². The number of amides is 1. The second kappa shape index (κ2) is 7.80. The van der Waals surface area contributed by atoms with Gasteiger partial charge in [-0.2, -0.15) is 13.2 Å². The molecule has 32 heavy (non-hydrogen) atoms. The van der Waals surface area contributed by atoms with Gasteiger partial charge in [-0.05, 0) is 38.7 Å². The molecule has 1 aliphatic heterocycles. The highest BCUT2D eigenvalue weighted by atomic mass is 19.4. The van der Waals surface area contributed by atoms with E-state index < -0.39 is 23.5 Å². The molecular weight excluding hydrogens is 427 g/mol. The van der Waals surface area contributed by atoms with Gasteiger partial charge >= 0.3 is 6.18 Å². The van der Waals surface area contributed by atoms with E-state index in [1.807, 2.05) is 0 Å². The Bertz CT molecular complexity index is 1040. The first kappa shape index (κ1) is 22.1. The summed E-state index contributed by atoms with van der Waals surface area (Å²) in [6, 6.07) is 5.50. The number of aromatic nitrogens is 2. The SMILES string of the molecule is Cc1nc(N[C@H]2C[C@@H](COc3cccc(C(F)(F)F)n3)C2)cc2c1NC(=O)[C@](C)(O)N2C. The first-order valence-electron chi connectivity index (χ1n) is 10.2. The number of hydrogen-bond acceptors (Lipinski definition) is 7. The van der Waals surface area contributed by atoms with E-state index in [1.54, 1.807) is 20.0 Å². The third-order valence-electron chi connectivity index (χ3n) is 5.93. The maximum Gasteiger partial charge on any atom is 0.433 e. The van der Waals surface area contributed by atoms with Gasteiger partial charge in [-0.25, -0.2) is 9.97 Å². The lowest BCUT2D eigenvalue weighted by atomic mass is 9.81. The molecule has 1 amide bonds. The number of anilines is 3. The van der Waals surface area contributed by atoms with Gasteiger partial charge in [-0.15, -0.1) is 0 Å². The Kier molecular flexibility index (Phi) is 5.40. The van der Waals surface area contributed by atoms with Crippen molar-refractivity contribution in [1.29, 1.82) is 0 Å². The van der Waals surface area contributed by atoms with Crippen LogP contribution in [0, 0.1) is 12.8 Å². The molecule has 1 saturated carbocycles.